The zero-order valence-electron chi connectivity index (χ0n) is 13.0. The van der Waals surface area contributed by atoms with E-state index < -0.39 is 17.5 Å². The Balaban J connectivity index is 1.90. The standard InChI is InChI=1S/C17H16N2O5/c1-18(11-13-6-3-2-4-7-13)16(20)12-24-17(21)14-8-5-9-15(10-14)19(22)23/h2-10H,11-12H2,1H3. The average molecular weight is 328 g/mol. The van der Waals surface area contributed by atoms with Gasteiger partial charge in [0.25, 0.3) is 11.6 Å². The maximum Gasteiger partial charge on any atom is 0.338 e. The molecular formula is C17H16N2O5. The van der Waals surface area contributed by atoms with Gasteiger partial charge in [-0.15, -0.1) is 0 Å². The number of likely N-dealkylation sites (N-methyl/N-ethyl adjacent to an activating group) is 1. The van der Waals surface area contributed by atoms with Gasteiger partial charge in [0.2, 0.25) is 0 Å². The van der Waals surface area contributed by atoms with Crippen LogP contribution in [0.1, 0.15) is 15.9 Å². The number of non-ortho nitro benzene ring substituents is 1. The van der Waals surface area contributed by atoms with Crippen molar-refractivity contribution in [3.8, 4) is 0 Å². The Labute approximate surface area is 138 Å². The Kier molecular flexibility index (Phi) is 5.62. The summed E-state index contributed by atoms with van der Waals surface area (Å²) in [7, 11) is 1.61. The first-order valence-electron chi connectivity index (χ1n) is 7.17. The van der Waals surface area contributed by atoms with Gasteiger partial charge in [-0.25, -0.2) is 4.79 Å². The number of esters is 1. The molecule has 0 saturated heterocycles. The number of nitro benzene ring substituents is 1. The van der Waals surface area contributed by atoms with E-state index in [1.165, 1.54) is 23.1 Å². The van der Waals surface area contributed by atoms with Crippen molar-refractivity contribution in [3.63, 3.8) is 0 Å². The highest BCUT2D eigenvalue weighted by Gasteiger charge is 2.16. The van der Waals surface area contributed by atoms with E-state index in [4.69, 9.17) is 4.74 Å². The van der Waals surface area contributed by atoms with Gasteiger partial charge in [-0.2, -0.15) is 0 Å². The van der Waals surface area contributed by atoms with Crippen LogP contribution in [-0.2, 0) is 16.1 Å². The van der Waals surface area contributed by atoms with Gasteiger partial charge in [0.15, 0.2) is 6.61 Å². The van der Waals surface area contributed by atoms with Crippen molar-refractivity contribution in [2.75, 3.05) is 13.7 Å². The third kappa shape index (κ3) is 4.64. The molecule has 0 heterocycles. The molecule has 0 aliphatic heterocycles. The Bertz CT molecular complexity index is 746. The molecule has 0 unspecified atom stereocenters. The summed E-state index contributed by atoms with van der Waals surface area (Å²) in [5, 5.41) is 10.7. The fourth-order valence-corrected chi connectivity index (χ4v) is 2.01. The number of amides is 1. The molecule has 2 aromatic rings. The van der Waals surface area contributed by atoms with Crippen LogP contribution in [0, 0.1) is 10.1 Å². The summed E-state index contributed by atoms with van der Waals surface area (Å²) >= 11 is 0. The summed E-state index contributed by atoms with van der Waals surface area (Å²) in [5.41, 5.74) is 0.776. The number of hydrogen-bond acceptors (Lipinski definition) is 5. The maximum absolute atomic E-state index is 12.0. The van der Waals surface area contributed by atoms with Crippen LogP contribution < -0.4 is 0 Å². The molecule has 24 heavy (non-hydrogen) atoms. The highest BCUT2D eigenvalue weighted by Crippen LogP contribution is 2.14. The van der Waals surface area contributed by atoms with Crippen molar-refractivity contribution in [1.82, 2.24) is 4.90 Å². The van der Waals surface area contributed by atoms with Crippen molar-refractivity contribution >= 4 is 17.6 Å². The second-order valence-electron chi connectivity index (χ2n) is 5.12. The molecule has 0 fully saturated rings. The number of ether oxygens (including phenoxy) is 1. The molecule has 2 rings (SSSR count). The monoisotopic (exact) mass is 328 g/mol. The predicted octanol–water partition coefficient (Wildman–Crippen LogP) is 2.41. The van der Waals surface area contributed by atoms with E-state index in [9.17, 15) is 19.7 Å². The number of nitrogens with zero attached hydrogens (tertiary/aromatic N) is 2. The lowest BCUT2D eigenvalue weighted by atomic mass is 10.2. The zero-order chi connectivity index (χ0) is 17.5. The second-order valence-corrected chi connectivity index (χ2v) is 5.12. The van der Waals surface area contributed by atoms with E-state index in [0.717, 1.165) is 11.6 Å². The molecule has 124 valence electrons. The van der Waals surface area contributed by atoms with E-state index in [1.807, 2.05) is 30.3 Å². The van der Waals surface area contributed by atoms with E-state index >= 15 is 0 Å². The SMILES string of the molecule is CN(Cc1ccccc1)C(=O)COC(=O)c1cccc([N+](=O)[O-])c1. The van der Waals surface area contributed by atoms with Gasteiger partial charge in [0.1, 0.15) is 0 Å². The van der Waals surface area contributed by atoms with Gasteiger partial charge >= 0.3 is 5.97 Å². The topological polar surface area (TPSA) is 89.8 Å². The van der Waals surface area contributed by atoms with Crippen LogP contribution in [0.2, 0.25) is 0 Å². The van der Waals surface area contributed by atoms with Crippen LogP contribution in [-0.4, -0.2) is 35.4 Å². The molecule has 0 bridgehead atoms. The van der Waals surface area contributed by atoms with Crippen LogP contribution in [0.25, 0.3) is 0 Å². The van der Waals surface area contributed by atoms with Crippen molar-refractivity contribution in [2.45, 2.75) is 6.54 Å². The number of nitro groups is 1. The number of hydrogen-bond donors (Lipinski definition) is 0. The van der Waals surface area contributed by atoms with Gasteiger partial charge in [-0.05, 0) is 11.6 Å². The smallest absolute Gasteiger partial charge is 0.338 e. The molecule has 2 aromatic carbocycles. The lowest BCUT2D eigenvalue weighted by molar-refractivity contribution is -0.384. The van der Waals surface area contributed by atoms with Crippen LogP contribution in [0.15, 0.2) is 54.6 Å². The second kappa shape index (κ2) is 7.87. The van der Waals surface area contributed by atoms with E-state index in [1.54, 1.807) is 7.05 Å². The molecule has 0 spiro atoms. The molecule has 0 aliphatic rings. The normalized spacial score (nSPS) is 10.0. The molecule has 7 heteroatoms. The van der Waals surface area contributed by atoms with Crippen molar-refractivity contribution in [1.29, 1.82) is 0 Å². The summed E-state index contributed by atoms with van der Waals surface area (Å²) in [6.07, 6.45) is 0. The fourth-order valence-electron chi connectivity index (χ4n) is 2.01. The first-order valence-corrected chi connectivity index (χ1v) is 7.17. The van der Waals surface area contributed by atoms with Gasteiger partial charge in [-0.3, -0.25) is 14.9 Å². The number of carbonyl (C=O) groups excluding carboxylic acids is 2. The number of rotatable bonds is 6. The minimum absolute atomic E-state index is 0.0303. The Morgan fingerprint density at radius 1 is 1.12 bits per heavy atom. The van der Waals surface area contributed by atoms with Crippen LogP contribution in [0.4, 0.5) is 5.69 Å². The maximum atomic E-state index is 12.0. The van der Waals surface area contributed by atoms with Gasteiger partial charge < -0.3 is 9.64 Å². The minimum atomic E-state index is -0.778. The third-order valence-corrected chi connectivity index (χ3v) is 3.31. The molecule has 1 amide bonds. The molecule has 0 atom stereocenters. The van der Waals surface area contributed by atoms with Gasteiger partial charge in [-0.1, -0.05) is 36.4 Å². The lowest BCUT2D eigenvalue weighted by Crippen LogP contribution is -2.30. The summed E-state index contributed by atoms with van der Waals surface area (Å²) in [6.45, 7) is -0.0289. The first kappa shape index (κ1) is 17.1. The van der Waals surface area contributed by atoms with Crippen LogP contribution in [0.5, 0.6) is 0 Å². The predicted molar refractivity (Wildman–Crippen MR) is 86.3 cm³/mol. The third-order valence-electron chi connectivity index (χ3n) is 3.31. The largest absolute Gasteiger partial charge is 0.452 e. The molecule has 0 aromatic heterocycles. The van der Waals surface area contributed by atoms with Crippen molar-refractivity contribution in [3.05, 3.63) is 75.8 Å². The summed E-state index contributed by atoms with van der Waals surface area (Å²) in [5.74, 6) is -1.14. The quantitative estimate of drug-likeness (QED) is 0.461. The summed E-state index contributed by atoms with van der Waals surface area (Å²) in [4.78, 5) is 35.4. The lowest BCUT2D eigenvalue weighted by Gasteiger charge is -2.17. The fraction of sp³-hybridized carbons (Fsp3) is 0.176. The molecule has 0 radical (unpaired) electrons. The molecular weight excluding hydrogens is 312 g/mol. The van der Waals surface area contributed by atoms with Crippen LogP contribution in [0.3, 0.4) is 0 Å². The minimum Gasteiger partial charge on any atom is -0.452 e. The van der Waals surface area contributed by atoms with Gasteiger partial charge in [0.05, 0.1) is 10.5 Å². The number of carbonyl (C=O) groups is 2. The van der Waals surface area contributed by atoms with E-state index in [0.29, 0.717) is 6.54 Å². The highest BCUT2D eigenvalue weighted by molar-refractivity contribution is 5.91. The highest BCUT2D eigenvalue weighted by atomic mass is 16.6. The molecule has 0 N–H and O–H groups in total. The number of benzene rings is 2. The van der Waals surface area contributed by atoms with Crippen LogP contribution >= 0.6 is 0 Å². The average Bonchev–Trinajstić information content (AvgIpc) is 2.60. The van der Waals surface area contributed by atoms with Crippen molar-refractivity contribution < 1.29 is 19.2 Å². The zero-order valence-corrected chi connectivity index (χ0v) is 13.0. The summed E-state index contributed by atoms with van der Waals surface area (Å²) in [6, 6.07) is 14.6. The van der Waals surface area contributed by atoms with E-state index in [-0.39, 0.29) is 17.2 Å². The Morgan fingerprint density at radius 2 is 1.83 bits per heavy atom. The molecule has 0 aliphatic carbocycles. The first-order chi connectivity index (χ1) is 11.5. The Morgan fingerprint density at radius 3 is 2.50 bits per heavy atom. The summed E-state index contributed by atoms with van der Waals surface area (Å²) < 4.78 is 4.93. The van der Waals surface area contributed by atoms with E-state index in [2.05, 4.69) is 0 Å². The Hall–Kier alpha value is -3.22. The van der Waals surface area contributed by atoms with Gasteiger partial charge in [0, 0.05) is 25.7 Å². The van der Waals surface area contributed by atoms with Crippen molar-refractivity contribution in [2.24, 2.45) is 0 Å². The molecule has 0 saturated carbocycles. The molecule has 7 nitrogen and oxygen atoms in total.